The summed E-state index contributed by atoms with van der Waals surface area (Å²) in [5, 5.41) is 5.94. The molecule has 0 spiro atoms. The van der Waals surface area contributed by atoms with Crippen molar-refractivity contribution in [2.24, 2.45) is 7.05 Å². The Morgan fingerprint density at radius 1 is 1.19 bits per heavy atom. The highest BCUT2D eigenvalue weighted by Gasteiger charge is 2.31. The number of anilines is 2. The number of halogens is 3. The van der Waals surface area contributed by atoms with Crippen molar-refractivity contribution in [3.63, 3.8) is 0 Å². The number of imidazole rings is 1. The van der Waals surface area contributed by atoms with Gasteiger partial charge in [-0.3, -0.25) is 4.79 Å². The molecule has 0 aliphatic heterocycles. The number of thiazole rings is 1. The third-order valence-electron chi connectivity index (χ3n) is 4.30. The number of aryl methyl sites for hydroxylation is 1. The second kappa shape index (κ2) is 7.87. The highest BCUT2D eigenvalue weighted by Crippen LogP contribution is 2.33. The molecule has 12 heteroatoms. The fraction of sp³-hybridized carbons (Fsp3) is 0.158. The number of benzene rings is 2. The quantitative estimate of drug-likeness (QED) is 0.435. The van der Waals surface area contributed by atoms with Gasteiger partial charge in [-0.15, -0.1) is 13.2 Å². The first-order valence-electron chi connectivity index (χ1n) is 8.85. The van der Waals surface area contributed by atoms with Crippen molar-refractivity contribution in [3.05, 3.63) is 42.0 Å². The smallest absolute Gasteiger partial charge is 0.406 e. The van der Waals surface area contributed by atoms with Crippen LogP contribution in [0, 0.1) is 0 Å². The molecule has 0 saturated carbocycles. The van der Waals surface area contributed by atoms with Crippen LogP contribution in [-0.2, 0) is 11.8 Å². The molecule has 0 radical (unpaired) electrons. The Labute approximate surface area is 176 Å². The Morgan fingerprint density at radius 3 is 2.74 bits per heavy atom. The van der Waals surface area contributed by atoms with E-state index in [4.69, 9.17) is 0 Å². The average molecular weight is 449 g/mol. The van der Waals surface area contributed by atoms with E-state index in [0.717, 1.165) is 16.9 Å². The molecule has 0 bridgehead atoms. The van der Waals surface area contributed by atoms with E-state index in [9.17, 15) is 22.8 Å². The maximum Gasteiger partial charge on any atom is 0.573 e. The van der Waals surface area contributed by atoms with E-state index < -0.39 is 12.3 Å². The van der Waals surface area contributed by atoms with Crippen LogP contribution < -0.4 is 15.4 Å². The van der Waals surface area contributed by atoms with Gasteiger partial charge < -0.3 is 24.7 Å². The standard InChI is InChI=1S/C19H14F3N5O3S/c1-27-14-5-2-10(16(29)23-6-7-28)8-13(14)24-17(27)26-18-25-12-4-3-11(9-15(12)31-18)30-19(20,21)22/h2-5,7-9H,6H2,1H3,(H,23,29)(H,24,25,26). The second-order valence-electron chi connectivity index (χ2n) is 6.40. The SMILES string of the molecule is Cn1c(Nc2nc3ccc(OC(F)(F)F)cc3s2)nc2cc(C(=O)NCC=O)ccc21. The normalized spacial score (nSPS) is 11.6. The number of aromatic nitrogens is 3. The molecule has 2 N–H and O–H groups in total. The molecule has 0 unspecified atom stereocenters. The van der Waals surface area contributed by atoms with Crippen LogP contribution in [0.25, 0.3) is 21.3 Å². The van der Waals surface area contributed by atoms with E-state index in [2.05, 4.69) is 25.3 Å². The Balaban J connectivity index is 1.60. The van der Waals surface area contributed by atoms with Crippen LogP contribution >= 0.6 is 11.3 Å². The highest BCUT2D eigenvalue weighted by molar-refractivity contribution is 7.22. The number of nitrogens with one attached hydrogen (secondary N) is 2. The molecule has 2 aromatic heterocycles. The number of rotatable bonds is 6. The summed E-state index contributed by atoms with van der Waals surface area (Å²) in [6.45, 7) is -0.0841. The Morgan fingerprint density at radius 2 is 2.00 bits per heavy atom. The van der Waals surface area contributed by atoms with Crippen LogP contribution in [0.3, 0.4) is 0 Å². The lowest BCUT2D eigenvalue weighted by molar-refractivity contribution is -0.274. The molecule has 0 aliphatic rings. The maximum absolute atomic E-state index is 12.4. The van der Waals surface area contributed by atoms with Gasteiger partial charge in [-0.05, 0) is 30.3 Å². The van der Waals surface area contributed by atoms with Crippen molar-refractivity contribution in [2.45, 2.75) is 6.36 Å². The topological polar surface area (TPSA) is 98.1 Å². The predicted octanol–water partition coefficient (Wildman–Crippen LogP) is 3.75. The minimum atomic E-state index is -4.77. The van der Waals surface area contributed by atoms with E-state index in [1.165, 1.54) is 18.2 Å². The lowest BCUT2D eigenvalue weighted by Gasteiger charge is -2.07. The summed E-state index contributed by atoms with van der Waals surface area (Å²) >= 11 is 1.15. The van der Waals surface area contributed by atoms with Crippen molar-refractivity contribution in [1.29, 1.82) is 0 Å². The van der Waals surface area contributed by atoms with Crippen LogP contribution in [0.5, 0.6) is 5.75 Å². The summed E-state index contributed by atoms with van der Waals surface area (Å²) < 4.78 is 43.5. The molecule has 4 rings (SSSR count). The fourth-order valence-electron chi connectivity index (χ4n) is 2.94. The van der Waals surface area contributed by atoms with E-state index >= 15 is 0 Å². The number of alkyl halides is 3. The molecule has 1 amide bonds. The number of hydrogen-bond acceptors (Lipinski definition) is 7. The summed E-state index contributed by atoms with van der Waals surface area (Å²) in [6.07, 6.45) is -4.18. The van der Waals surface area contributed by atoms with Crippen molar-refractivity contribution in [1.82, 2.24) is 19.9 Å². The first-order valence-corrected chi connectivity index (χ1v) is 9.67. The molecule has 2 aromatic carbocycles. The average Bonchev–Trinajstić information content (AvgIpc) is 3.24. The van der Waals surface area contributed by atoms with E-state index in [1.54, 1.807) is 29.8 Å². The molecule has 0 atom stereocenters. The molecule has 0 aliphatic carbocycles. The second-order valence-corrected chi connectivity index (χ2v) is 7.43. The molecule has 2 heterocycles. The molecular weight excluding hydrogens is 435 g/mol. The van der Waals surface area contributed by atoms with E-state index in [-0.39, 0.29) is 12.3 Å². The minimum Gasteiger partial charge on any atom is -0.406 e. The number of hydrogen-bond donors (Lipinski definition) is 2. The summed E-state index contributed by atoms with van der Waals surface area (Å²) in [4.78, 5) is 31.3. The van der Waals surface area contributed by atoms with Gasteiger partial charge in [0.1, 0.15) is 12.0 Å². The number of ether oxygens (including phenoxy) is 1. The predicted molar refractivity (Wildman–Crippen MR) is 109 cm³/mol. The summed E-state index contributed by atoms with van der Waals surface area (Å²) in [5.74, 6) is -0.276. The largest absolute Gasteiger partial charge is 0.573 e. The highest BCUT2D eigenvalue weighted by atomic mass is 32.1. The zero-order valence-corrected chi connectivity index (χ0v) is 16.7. The first-order chi connectivity index (χ1) is 14.7. The molecule has 0 saturated heterocycles. The zero-order chi connectivity index (χ0) is 22.2. The van der Waals surface area contributed by atoms with Crippen LogP contribution in [0.4, 0.5) is 24.3 Å². The van der Waals surface area contributed by atoms with Crippen molar-refractivity contribution < 1.29 is 27.5 Å². The number of carbonyl (C=O) groups excluding carboxylic acids is 2. The number of amides is 1. The molecule has 4 aromatic rings. The van der Waals surface area contributed by atoms with Gasteiger partial charge in [0.15, 0.2) is 5.13 Å². The lowest BCUT2D eigenvalue weighted by atomic mass is 10.2. The first kappa shape index (κ1) is 20.6. The van der Waals surface area contributed by atoms with Crippen molar-refractivity contribution in [3.8, 4) is 5.75 Å². The van der Waals surface area contributed by atoms with Crippen LogP contribution in [0.1, 0.15) is 10.4 Å². The Hall–Kier alpha value is -3.67. The summed E-state index contributed by atoms with van der Waals surface area (Å²) in [6, 6.07) is 8.85. The van der Waals surface area contributed by atoms with Gasteiger partial charge >= 0.3 is 6.36 Å². The Bertz CT molecular complexity index is 1300. The van der Waals surface area contributed by atoms with E-state index in [1.807, 2.05) is 0 Å². The van der Waals surface area contributed by atoms with Crippen molar-refractivity contribution >= 4 is 55.9 Å². The van der Waals surface area contributed by atoms with Crippen LogP contribution in [0.2, 0.25) is 0 Å². The van der Waals surface area contributed by atoms with Crippen LogP contribution in [0.15, 0.2) is 36.4 Å². The summed E-state index contributed by atoms with van der Waals surface area (Å²) in [7, 11) is 1.77. The lowest BCUT2D eigenvalue weighted by Crippen LogP contribution is -2.24. The molecule has 160 valence electrons. The number of nitrogens with zero attached hydrogens (tertiary/aromatic N) is 3. The third-order valence-corrected chi connectivity index (χ3v) is 5.23. The number of aldehydes is 1. The maximum atomic E-state index is 12.4. The number of fused-ring (bicyclic) bond motifs is 2. The summed E-state index contributed by atoms with van der Waals surface area (Å²) in [5.41, 5.74) is 2.16. The van der Waals surface area contributed by atoms with Gasteiger partial charge in [-0.2, -0.15) is 0 Å². The minimum absolute atomic E-state index is 0.0841. The Kier molecular flexibility index (Phi) is 5.23. The van der Waals surface area contributed by atoms with Crippen molar-refractivity contribution in [2.75, 3.05) is 11.9 Å². The van der Waals surface area contributed by atoms with Gasteiger partial charge in [0.25, 0.3) is 5.91 Å². The molecule has 31 heavy (non-hydrogen) atoms. The van der Waals surface area contributed by atoms with Gasteiger partial charge in [-0.25, -0.2) is 9.97 Å². The zero-order valence-electron chi connectivity index (χ0n) is 15.9. The molecule has 8 nitrogen and oxygen atoms in total. The van der Waals surface area contributed by atoms with Crippen LogP contribution in [-0.4, -0.2) is 39.6 Å². The monoisotopic (exact) mass is 449 g/mol. The van der Waals surface area contributed by atoms with Gasteiger partial charge in [0.2, 0.25) is 5.95 Å². The molecular formula is C19H14F3N5O3S. The van der Waals surface area contributed by atoms with Gasteiger partial charge in [0.05, 0.1) is 27.8 Å². The third kappa shape index (κ3) is 4.43. The van der Waals surface area contributed by atoms with Gasteiger partial charge in [0, 0.05) is 18.7 Å². The van der Waals surface area contributed by atoms with Gasteiger partial charge in [-0.1, -0.05) is 11.3 Å². The molecule has 0 fully saturated rings. The fourth-order valence-corrected chi connectivity index (χ4v) is 3.83. The number of carbonyl (C=O) groups is 2. The van der Waals surface area contributed by atoms with E-state index in [0.29, 0.717) is 38.7 Å².